The van der Waals surface area contributed by atoms with Gasteiger partial charge in [0.1, 0.15) is 5.82 Å². The van der Waals surface area contributed by atoms with Crippen LogP contribution in [0.4, 0.5) is 4.39 Å². The molecule has 2 aromatic carbocycles. The molecule has 26 heavy (non-hydrogen) atoms. The number of oxazole rings is 1. The van der Waals surface area contributed by atoms with Gasteiger partial charge in [-0.3, -0.25) is 4.90 Å². The molecule has 0 bridgehead atoms. The Hall–Kier alpha value is -2.97. The molecule has 0 atom stereocenters. The molecule has 0 aliphatic heterocycles. The number of halogens is 1. The lowest BCUT2D eigenvalue weighted by molar-refractivity contribution is 0.184. The highest BCUT2D eigenvalue weighted by Gasteiger charge is 2.15. The third-order valence-corrected chi connectivity index (χ3v) is 4.22. The second-order valence-corrected chi connectivity index (χ2v) is 6.43. The van der Waals surface area contributed by atoms with Crippen molar-refractivity contribution < 1.29 is 8.81 Å². The van der Waals surface area contributed by atoms with Gasteiger partial charge in [0.15, 0.2) is 5.76 Å². The maximum absolute atomic E-state index is 13.1. The van der Waals surface area contributed by atoms with Gasteiger partial charge in [-0.15, -0.1) is 0 Å². The van der Waals surface area contributed by atoms with Crippen LogP contribution in [-0.4, -0.2) is 15.9 Å². The average molecular weight is 349 g/mol. The molecule has 5 heteroatoms. The van der Waals surface area contributed by atoms with E-state index >= 15 is 0 Å². The van der Waals surface area contributed by atoms with E-state index in [1.165, 1.54) is 12.1 Å². The highest BCUT2D eigenvalue weighted by Crippen LogP contribution is 2.22. The summed E-state index contributed by atoms with van der Waals surface area (Å²) in [6, 6.07) is 16.2. The summed E-state index contributed by atoms with van der Waals surface area (Å²) in [6.07, 6.45) is 1.67. The van der Waals surface area contributed by atoms with Gasteiger partial charge >= 0.3 is 0 Å². The van der Waals surface area contributed by atoms with Gasteiger partial charge < -0.3 is 4.42 Å². The van der Waals surface area contributed by atoms with E-state index < -0.39 is 0 Å². The predicted molar refractivity (Wildman–Crippen MR) is 97.4 cm³/mol. The van der Waals surface area contributed by atoms with E-state index in [1.807, 2.05) is 24.3 Å². The SMILES string of the molecule is CC(C)N(Cc1ccc(C#N)cc1)Cc1ncc(-c2ccc(F)cc2)o1. The van der Waals surface area contributed by atoms with Crippen LogP contribution in [0.15, 0.2) is 59.1 Å². The number of hydrogen-bond acceptors (Lipinski definition) is 4. The van der Waals surface area contributed by atoms with Crippen LogP contribution in [0.2, 0.25) is 0 Å². The summed E-state index contributed by atoms with van der Waals surface area (Å²) in [7, 11) is 0. The zero-order valence-electron chi connectivity index (χ0n) is 14.8. The van der Waals surface area contributed by atoms with Crippen molar-refractivity contribution in [1.29, 1.82) is 5.26 Å². The van der Waals surface area contributed by atoms with Crippen molar-refractivity contribution in [1.82, 2.24) is 9.88 Å². The molecule has 3 aromatic rings. The minimum Gasteiger partial charge on any atom is -0.439 e. The molecule has 4 nitrogen and oxygen atoms in total. The normalized spacial score (nSPS) is 11.1. The number of hydrogen-bond donors (Lipinski definition) is 0. The van der Waals surface area contributed by atoms with Crippen LogP contribution in [0.25, 0.3) is 11.3 Å². The number of benzene rings is 2. The summed E-state index contributed by atoms with van der Waals surface area (Å²) in [5, 5.41) is 8.90. The van der Waals surface area contributed by atoms with Gasteiger partial charge in [-0.05, 0) is 55.8 Å². The smallest absolute Gasteiger partial charge is 0.209 e. The van der Waals surface area contributed by atoms with E-state index in [4.69, 9.17) is 9.68 Å². The maximum Gasteiger partial charge on any atom is 0.209 e. The van der Waals surface area contributed by atoms with Crippen LogP contribution in [0.3, 0.4) is 0 Å². The van der Waals surface area contributed by atoms with Crippen molar-refractivity contribution in [2.24, 2.45) is 0 Å². The van der Waals surface area contributed by atoms with Gasteiger partial charge in [-0.25, -0.2) is 9.37 Å². The zero-order valence-corrected chi connectivity index (χ0v) is 14.8. The molecule has 0 amide bonds. The van der Waals surface area contributed by atoms with Gasteiger partial charge in [-0.1, -0.05) is 12.1 Å². The lowest BCUT2D eigenvalue weighted by Crippen LogP contribution is -2.29. The molecule has 132 valence electrons. The first-order chi connectivity index (χ1) is 12.5. The van der Waals surface area contributed by atoms with Crippen LogP contribution >= 0.6 is 0 Å². The number of rotatable bonds is 6. The fourth-order valence-electron chi connectivity index (χ4n) is 2.64. The monoisotopic (exact) mass is 349 g/mol. The van der Waals surface area contributed by atoms with E-state index in [9.17, 15) is 4.39 Å². The zero-order chi connectivity index (χ0) is 18.5. The highest BCUT2D eigenvalue weighted by molar-refractivity contribution is 5.55. The van der Waals surface area contributed by atoms with Gasteiger partial charge in [0.2, 0.25) is 5.89 Å². The van der Waals surface area contributed by atoms with E-state index in [2.05, 4.69) is 29.8 Å². The van der Waals surface area contributed by atoms with Crippen LogP contribution in [-0.2, 0) is 13.1 Å². The van der Waals surface area contributed by atoms with Crippen molar-refractivity contribution in [3.63, 3.8) is 0 Å². The number of aromatic nitrogens is 1. The maximum atomic E-state index is 13.1. The van der Waals surface area contributed by atoms with Crippen LogP contribution < -0.4 is 0 Å². The van der Waals surface area contributed by atoms with Crippen molar-refractivity contribution in [3.05, 3.63) is 77.6 Å². The molecule has 0 saturated heterocycles. The standard InChI is InChI=1S/C21H20FN3O/c1-15(2)25(13-17-5-3-16(11-23)4-6-17)14-21-24-12-20(26-21)18-7-9-19(22)10-8-18/h3-10,12,15H,13-14H2,1-2H3. The minimum absolute atomic E-state index is 0.276. The van der Waals surface area contributed by atoms with Gasteiger partial charge in [0.25, 0.3) is 0 Å². The second kappa shape index (κ2) is 7.94. The van der Waals surface area contributed by atoms with Gasteiger partial charge in [0.05, 0.1) is 24.4 Å². The van der Waals surface area contributed by atoms with E-state index in [0.29, 0.717) is 29.8 Å². The summed E-state index contributed by atoms with van der Waals surface area (Å²) in [6.45, 7) is 5.54. The Balaban J connectivity index is 1.72. The quantitative estimate of drug-likeness (QED) is 0.644. The molecular weight excluding hydrogens is 329 g/mol. The second-order valence-electron chi connectivity index (χ2n) is 6.43. The lowest BCUT2D eigenvalue weighted by Gasteiger charge is -2.25. The highest BCUT2D eigenvalue weighted by atomic mass is 19.1. The van der Waals surface area contributed by atoms with E-state index in [-0.39, 0.29) is 5.82 Å². The molecule has 1 heterocycles. The Labute approximate surface area is 152 Å². The van der Waals surface area contributed by atoms with Crippen molar-refractivity contribution in [3.8, 4) is 17.4 Å². The first-order valence-electron chi connectivity index (χ1n) is 8.49. The number of nitrogens with zero attached hydrogens (tertiary/aromatic N) is 3. The third-order valence-electron chi connectivity index (χ3n) is 4.22. The molecule has 0 spiro atoms. The molecule has 0 radical (unpaired) electrons. The molecule has 3 rings (SSSR count). The van der Waals surface area contributed by atoms with E-state index in [1.54, 1.807) is 18.3 Å². The fraction of sp³-hybridized carbons (Fsp3) is 0.238. The summed E-state index contributed by atoms with van der Waals surface area (Å²) >= 11 is 0. The van der Waals surface area contributed by atoms with Crippen molar-refractivity contribution >= 4 is 0 Å². The number of nitriles is 1. The molecule has 1 aromatic heterocycles. The van der Waals surface area contributed by atoms with Crippen molar-refractivity contribution in [2.75, 3.05) is 0 Å². The largest absolute Gasteiger partial charge is 0.439 e. The van der Waals surface area contributed by atoms with Gasteiger partial charge in [0, 0.05) is 18.2 Å². The molecule has 0 unspecified atom stereocenters. The van der Waals surface area contributed by atoms with Crippen LogP contribution in [0.5, 0.6) is 0 Å². The Bertz CT molecular complexity index is 892. The van der Waals surface area contributed by atoms with E-state index in [0.717, 1.165) is 17.7 Å². The molecule has 0 saturated carbocycles. The average Bonchev–Trinajstić information content (AvgIpc) is 3.11. The third kappa shape index (κ3) is 4.35. The summed E-state index contributed by atoms with van der Waals surface area (Å²) < 4.78 is 18.9. The predicted octanol–water partition coefficient (Wildman–Crippen LogP) is 4.76. The first-order valence-corrected chi connectivity index (χ1v) is 8.49. The van der Waals surface area contributed by atoms with Gasteiger partial charge in [-0.2, -0.15) is 5.26 Å². The van der Waals surface area contributed by atoms with Crippen LogP contribution in [0.1, 0.15) is 30.9 Å². The molecule has 0 N–H and O–H groups in total. The Morgan fingerprint density at radius 3 is 2.38 bits per heavy atom. The molecule has 0 aliphatic rings. The molecule has 0 fully saturated rings. The summed E-state index contributed by atoms with van der Waals surface area (Å²) in [4.78, 5) is 6.60. The summed E-state index contributed by atoms with van der Waals surface area (Å²) in [5.74, 6) is 0.968. The van der Waals surface area contributed by atoms with Crippen LogP contribution in [0, 0.1) is 17.1 Å². The first kappa shape index (κ1) is 17.8. The fourth-order valence-corrected chi connectivity index (χ4v) is 2.64. The Morgan fingerprint density at radius 1 is 1.08 bits per heavy atom. The molecule has 0 aliphatic carbocycles. The summed E-state index contributed by atoms with van der Waals surface area (Å²) in [5.41, 5.74) is 2.58. The Kier molecular flexibility index (Phi) is 5.45. The lowest BCUT2D eigenvalue weighted by atomic mass is 10.1. The topological polar surface area (TPSA) is 53.1 Å². The minimum atomic E-state index is -0.276. The van der Waals surface area contributed by atoms with Crippen molar-refractivity contribution in [2.45, 2.75) is 33.0 Å². The Morgan fingerprint density at radius 2 is 1.77 bits per heavy atom. The molecular formula is C21H20FN3O.